The molecule has 20 heavy (non-hydrogen) atoms. The topological polar surface area (TPSA) is 9.23 Å². The molecule has 2 aromatic rings. The Labute approximate surface area is 127 Å². The van der Waals surface area contributed by atoms with Gasteiger partial charge in [0, 0.05) is 15.9 Å². The maximum absolute atomic E-state index is 13.7. The molecular weight excluding hydrogens is 357 g/mol. The van der Waals surface area contributed by atoms with E-state index in [0.29, 0.717) is 10.0 Å². The first-order valence-corrected chi connectivity index (χ1v) is 6.94. The third-order valence-corrected chi connectivity index (χ3v) is 3.39. The minimum atomic E-state index is -0.865. The lowest BCUT2D eigenvalue weighted by Crippen LogP contribution is -2.02. The van der Waals surface area contributed by atoms with Gasteiger partial charge in [-0.2, -0.15) is 0 Å². The molecule has 0 radical (unpaired) electrons. The smallest absolute Gasteiger partial charge is 0.191 e. The van der Waals surface area contributed by atoms with Crippen LogP contribution in [-0.4, -0.2) is 0 Å². The van der Waals surface area contributed by atoms with Gasteiger partial charge in [-0.3, -0.25) is 0 Å². The van der Waals surface area contributed by atoms with Crippen LogP contribution in [0.5, 0.6) is 5.75 Å². The van der Waals surface area contributed by atoms with E-state index in [9.17, 15) is 13.2 Å². The van der Waals surface area contributed by atoms with Crippen molar-refractivity contribution in [2.75, 3.05) is 0 Å². The molecular formula is C14H9BrClF3O. The summed E-state index contributed by atoms with van der Waals surface area (Å²) in [4.78, 5) is 0. The average molecular weight is 366 g/mol. The first kappa shape index (κ1) is 15.2. The second-order valence-corrected chi connectivity index (χ2v) is 5.23. The summed E-state index contributed by atoms with van der Waals surface area (Å²) in [5.74, 6) is -2.79. The van der Waals surface area contributed by atoms with Gasteiger partial charge in [0.1, 0.15) is 12.4 Å². The van der Waals surface area contributed by atoms with E-state index in [0.717, 1.165) is 12.1 Å². The number of ether oxygens (including phenoxy) is 1. The van der Waals surface area contributed by atoms with Gasteiger partial charge in [-0.25, -0.2) is 13.2 Å². The summed E-state index contributed by atoms with van der Waals surface area (Å²) >= 11 is 8.69. The minimum absolute atomic E-state index is 0.00558. The Kier molecular flexibility index (Phi) is 4.94. The quantitative estimate of drug-likeness (QED) is 0.678. The van der Waals surface area contributed by atoms with Gasteiger partial charge in [0.2, 0.25) is 0 Å². The van der Waals surface area contributed by atoms with E-state index in [2.05, 4.69) is 15.9 Å². The molecule has 0 aromatic heterocycles. The van der Waals surface area contributed by atoms with Crippen molar-refractivity contribution >= 4 is 27.5 Å². The van der Waals surface area contributed by atoms with Crippen LogP contribution in [0, 0.1) is 17.5 Å². The normalized spacial score (nSPS) is 10.7. The number of benzene rings is 2. The molecule has 0 saturated carbocycles. The molecule has 0 spiro atoms. The zero-order chi connectivity index (χ0) is 14.7. The highest BCUT2D eigenvalue weighted by Crippen LogP contribution is 2.26. The van der Waals surface area contributed by atoms with Crippen molar-refractivity contribution in [3.63, 3.8) is 0 Å². The van der Waals surface area contributed by atoms with Crippen LogP contribution in [0.25, 0.3) is 0 Å². The highest BCUT2D eigenvalue weighted by molar-refractivity contribution is 9.10. The molecule has 1 nitrogen and oxygen atoms in total. The molecule has 0 amide bonds. The van der Waals surface area contributed by atoms with Gasteiger partial charge < -0.3 is 4.74 Å². The Morgan fingerprint density at radius 2 is 1.65 bits per heavy atom. The number of rotatable bonds is 4. The number of halogens is 5. The van der Waals surface area contributed by atoms with Crippen molar-refractivity contribution in [1.29, 1.82) is 0 Å². The predicted molar refractivity (Wildman–Crippen MR) is 74.3 cm³/mol. The zero-order valence-corrected chi connectivity index (χ0v) is 12.4. The summed E-state index contributed by atoms with van der Waals surface area (Å²) in [6, 6.07) is 6.42. The number of hydrogen-bond donors (Lipinski definition) is 0. The lowest BCUT2D eigenvalue weighted by Gasteiger charge is -2.10. The second-order valence-electron chi connectivity index (χ2n) is 4.05. The molecule has 0 saturated heterocycles. The van der Waals surface area contributed by atoms with Crippen molar-refractivity contribution in [3.05, 3.63) is 63.4 Å². The van der Waals surface area contributed by atoms with E-state index in [-0.39, 0.29) is 18.1 Å². The zero-order valence-electron chi connectivity index (χ0n) is 10.1. The van der Waals surface area contributed by atoms with Gasteiger partial charge in [0.15, 0.2) is 17.4 Å². The molecule has 0 bridgehead atoms. The summed E-state index contributed by atoms with van der Waals surface area (Å²) in [7, 11) is 0. The third kappa shape index (κ3) is 3.46. The van der Waals surface area contributed by atoms with Crippen LogP contribution in [0.4, 0.5) is 13.2 Å². The fourth-order valence-electron chi connectivity index (χ4n) is 1.63. The van der Waals surface area contributed by atoms with Crippen LogP contribution in [0.15, 0.2) is 34.8 Å². The van der Waals surface area contributed by atoms with E-state index >= 15 is 0 Å². The highest BCUT2D eigenvalue weighted by atomic mass is 79.9. The monoisotopic (exact) mass is 364 g/mol. The molecule has 106 valence electrons. The van der Waals surface area contributed by atoms with Crippen LogP contribution in [0.3, 0.4) is 0 Å². The van der Waals surface area contributed by atoms with Crippen molar-refractivity contribution in [3.8, 4) is 5.75 Å². The molecule has 0 heterocycles. The van der Waals surface area contributed by atoms with E-state index in [1.54, 1.807) is 0 Å². The number of alkyl halides is 1. The summed E-state index contributed by atoms with van der Waals surface area (Å²) in [5, 5.41) is 0. The SMILES string of the molecule is Fc1ccc(Br)cc1COc1c(F)cc(CCl)cc1F. The summed E-state index contributed by atoms with van der Waals surface area (Å²) < 4.78 is 46.5. The summed E-state index contributed by atoms with van der Waals surface area (Å²) in [6.45, 7) is -0.278. The van der Waals surface area contributed by atoms with Crippen molar-refractivity contribution < 1.29 is 17.9 Å². The van der Waals surface area contributed by atoms with E-state index in [1.807, 2.05) is 0 Å². The third-order valence-electron chi connectivity index (χ3n) is 2.59. The fourth-order valence-corrected chi connectivity index (χ4v) is 2.19. The van der Waals surface area contributed by atoms with Gasteiger partial charge in [0.25, 0.3) is 0 Å². The molecule has 2 rings (SSSR count). The number of hydrogen-bond acceptors (Lipinski definition) is 1. The summed E-state index contributed by atoms with van der Waals surface area (Å²) in [6.07, 6.45) is 0. The van der Waals surface area contributed by atoms with Crippen LogP contribution < -0.4 is 4.74 Å². The molecule has 0 aliphatic rings. The molecule has 0 N–H and O–H groups in total. The first-order chi connectivity index (χ1) is 9.51. The predicted octanol–water partition coefficient (Wildman–Crippen LogP) is 5.18. The molecule has 0 aliphatic heterocycles. The van der Waals surface area contributed by atoms with Crippen LogP contribution in [-0.2, 0) is 12.5 Å². The molecule has 0 aliphatic carbocycles. The van der Waals surface area contributed by atoms with Crippen molar-refractivity contribution in [2.24, 2.45) is 0 Å². The fraction of sp³-hybridized carbons (Fsp3) is 0.143. The Morgan fingerprint density at radius 3 is 2.25 bits per heavy atom. The van der Waals surface area contributed by atoms with Gasteiger partial charge in [-0.1, -0.05) is 15.9 Å². The van der Waals surface area contributed by atoms with Crippen LogP contribution >= 0.6 is 27.5 Å². The Bertz CT molecular complexity index is 611. The van der Waals surface area contributed by atoms with Crippen molar-refractivity contribution in [2.45, 2.75) is 12.5 Å². The molecule has 0 atom stereocenters. The minimum Gasteiger partial charge on any atom is -0.483 e. The van der Waals surface area contributed by atoms with E-state index in [4.69, 9.17) is 16.3 Å². The van der Waals surface area contributed by atoms with Crippen molar-refractivity contribution in [1.82, 2.24) is 0 Å². The van der Waals surface area contributed by atoms with E-state index < -0.39 is 23.2 Å². The molecule has 0 unspecified atom stereocenters. The maximum Gasteiger partial charge on any atom is 0.191 e. The van der Waals surface area contributed by atoms with Gasteiger partial charge in [-0.05, 0) is 35.9 Å². The Morgan fingerprint density at radius 1 is 1.00 bits per heavy atom. The van der Waals surface area contributed by atoms with Crippen LogP contribution in [0.2, 0.25) is 0 Å². The molecule has 6 heteroatoms. The van der Waals surface area contributed by atoms with Crippen LogP contribution in [0.1, 0.15) is 11.1 Å². The molecule has 0 fully saturated rings. The lowest BCUT2D eigenvalue weighted by atomic mass is 10.2. The molecule has 2 aromatic carbocycles. The average Bonchev–Trinajstić information content (AvgIpc) is 2.41. The highest BCUT2D eigenvalue weighted by Gasteiger charge is 2.13. The maximum atomic E-state index is 13.7. The van der Waals surface area contributed by atoms with Gasteiger partial charge in [0.05, 0.1) is 0 Å². The second kappa shape index (κ2) is 6.50. The largest absolute Gasteiger partial charge is 0.483 e. The first-order valence-electron chi connectivity index (χ1n) is 5.62. The Hall–Kier alpha value is -1.20. The lowest BCUT2D eigenvalue weighted by molar-refractivity contribution is 0.269. The summed E-state index contributed by atoms with van der Waals surface area (Å²) in [5.41, 5.74) is 0.502. The van der Waals surface area contributed by atoms with E-state index in [1.165, 1.54) is 18.2 Å². The van der Waals surface area contributed by atoms with Gasteiger partial charge >= 0.3 is 0 Å². The standard InChI is InChI=1S/C14H9BrClF3O/c15-10-1-2-11(17)9(5-10)7-20-14-12(18)3-8(6-16)4-13(14)19/h1-5H,6-7H2. The Balaban J connectivity index is 2.21. The van der Waals surface area contributed by atoms with Gasteiger partial charge in [-0.15, -0.1) is 11.6 Å².